The van der Waals surface area contributed by atoms with Crippen LogP contribution in [0.3, 0.4) is 0 Å². The molecule has 3 aromatic rings. The Morgan fingerprint density at radius 3 is 2.02 bits per heavy atom. The van der Waals surface area contributed by atoms with E-state index in [1.807, 2.05) is 29.9 Å². The molecule has 0 aliphatic carbocycles. The Labute approximate surface area is 246 Å². The number of ether oxygens (including phenoxy) is 1. The maximum atomic E-state index is 12.7. The monoisotopic (exact) mass is 636 g/mol. The minimum absolute atomic E-state index is 0.0749. The minimum atomic E-state index is -5.08. The zero-order valence-corrected chi connectivity index (χ0v) is 23.8. The van der Waals surface area contributed by atoms with Crippen molar-refractivity contribution in [3.63, 3.8) is 0 Å². The summed E-state index contributed by atoms with van der Waals surface area (Å²) in [6.07, 6.45) is -3.22. The van der Waals surface area contributed by atoms with E-state index >= 15 is 0 Å². The van der Waals surface area contributed by atoms with Gasteiger partial charge in [0.2, 0.25) is 0 Å². The fourth-order valence-electron chi connectivity index (χ4n) is 3.99. The fraction of sp³-hybridized carbons (Fsp3) is 0.462. The molecule has 0 atom stereocenters. The number of nitrogens with zero attached hydrogens (tertiary/aromatic N) is 6. The normalized spacial score (nSPS) is 13.8. The largest absolute Gasteiger partial charge is 0.490 e. The van der Waals surface area contributed by atoms with Gasteiger partial charge in [-0.25, -0.2) is 19.6 Å². The van der Waals surface area contributed by atoms with Gasteiger partial charge >= 0.3 is 24.3 Å². The lowest BCUT2D eigenvalue weighted by atomic mass is 9.92. The van der Waals surface area contributed by atoms with Crippen LogP contribution in [0.25, 0.3) is 11.0 Å². The molecule has 0 aromatic carbocycles. The van der Waals surface area contributed by atoms with Crippen LogP contribution in [0.5, 0.6) is 0 Å². The smallest absolute Gasteiger partial charge is 0.475 e. The van der Waals surface area contributed by atoms with Crippen molar-refractivity contribution in [3.8, 4) is 0 Å². The molecular weight excluding hydrogens is 606 g/mol. The van der Waals surface area contributed by atoms with E-state index in [0.717, 1.165) is 55.0 Å². The first kappa shape index (κ1) is 35.7. The van der Waals surface area contributed by atoms with Gasteiger partial charge in [-0.1, -0.05) is 0 Å². The van der Waals surface area contributed by atoms with Gasteiger partial charge < -0.3 is 29.3 Å². The molecule has 242 valence electrons. The number of alkyl halides is 6. The number of carbonyl (C=O) groups excluding carboxylic acids is 1. The highest BCUT2D eigenvalue weighted by molar-refractivity contribution is 5.94. The third-order valence-electron chi connectivity index (χ3n) is 6.32. The van der Waals surface area contributed by atoms with Gasteiger partial charge in [0.25, 0.3) is 5.91 Å². The lowest BCUT2D eigenvalue weighted by molar-refractivity contribution is -0.193. The van der Waals surface area contributed by atoms with Crippen LogP contribution in [0.1, 0.15) is 34.8 Å². The number of fused-ring (bicyclic) bond motifs is 1. The molecule has 2 N–H and O–H groups in total. The second kappa shape index (κ2) is 15.3. The van der Waals surface area contributed by atoms with E-state index < -0.39 is 24.3 Å². The summed E-state index contributed by atoms with van der Waals surface area (Å²) in [4.78, 5) is 48.1. The van der Waals surface area contributed by atoms with Gasteiger partial charge in [-0.05, 0) is 31.0 Å². The Morgan fingerprint density at radius 1 is 1.02 bits per heavy atom. The van der Waals surface area contributed by atoms with Crippen LogP contribution < -0.4 is 4.90 Å². The summed E-state index contributed by atoms with van der Waals surface area (Å²) in [5.74, 6) is -4.23. The number of imidazole rings is 1. The molecule has 1 aliphatic heterocycles. The van der Waals surface area contributed by atoms with Crippen LogP contribution in [0.15, 0.2) is 36.9 Å². The Hall–Kier alpha value is -4.48. The number of likely N-dealkylation sites (tertiary alicyclic amines) is 1. The van der Waals surface area contributed by atoms with Crippen molar-refractivity contribution in [1.82, 2.24) is 24.4 Å². The number of carboxylic acid groups (broad SMARTS) is 2. The number of aliphatic carboxylic acids is 2. The van der Waals surface area contributed by atoms with E-state index in [0.29, 0.717) is 18.1 Å². The Morgan fingerprint density at radius 2 is 1.55 bits per heavy atom. The van der Waals surface area contributed by atoms with Gasteiger partial charge in [0.05, 0.1) is 18.5 Å². The zero-order chi connectivity index (χ0) is 33.2. The van der Waals surface area contributed by atoms with Crippen molar-refractivity contribution in [3.05, 3.63) is 48.2 Å². The molecular formula is C26H30F6N6O6. The number of pyridine rings is 2. The number of hydrogen-bond donors (Lipinski definition) is 2. The SMILES string of the molecule is COCCN(C)c1nc(C2CCN(C(=O)c3ccncc3)CC2)cc2c1ncn2C.O=C(O)C(F)(F)F.O=C(O)C(F)(F)F. The number of aryl methyl sites for hydroxylation is 1. The number of anilines is 1. The minimum Gasteiger partial charge on any atom is -0.475 e. The molecule has 0 bridgehead atoms. The molecule has 0 saturated carbocycles. The number of piperidine rings is 1. The van der Waals surface area contributed by atoms with Gasteiger partial charge in [0.1, 0.15) is 5.52 Å². The molecule has 0 unspecified atom stereocenters. The van der Waals surface area contributed by atoms with Gasteiger partial charge in [0.15, 0.2) is 5.82 Å². The number of aromatic nitrogens is 4. The lowest BCUT2D eigenvalue weighted by Gasteiger charge is -2.32. The van der Waals surface area contributed by atoms with Gasteiger partial charge in [-0.2, -0.15) is 26.3 Å². The standard InChI is InChI=1S/C22H28N6O2.2C2HF3O2/c1-26(12-13-30-3)21-20-19(27(2)15-24-20)14-18(25-21)16-6-10-28(11-7-16)22(29)17-4-8-23-9-5-17;2*3-2(4,5)1(6)7/h4-5,8-9,14-16H,6-7,10-13H2,1-3H3;2*(H,6,7). The van der Waals surface area contributed by atoms with Crippen molar-refractivity contribution < 1.29 is 55.7 Å². The number of halogens is 6. The highest BCUT2D eigenvalue weighted by Crippen LogP contribution is 2.32. The average molecular weight is 637 g/mol. The van der Waals surface area contributed by atoms with Crippen molar-refractivity contribution >= 4 is 34.7 Å². The Bertz CT molecular complexity index is 1380. The van der Waals surface area contributed by atoms with Crippen molar-refractivity contribution in [1.29, 1.82) is 0 Å². The number of hydrogen-bond acceptors (Lipinski definition) is 8. The lowest BCUT2D eigenvalue weighted by Crippen LogP contribution is -2.38. The van der Waals surface area contributed by atoms with E-state index in [2.05, 4.69) is 20.9 Å². The summed E-state index contributed by atoms with van der Waals surface area (Å²) in [7, 11) is 5.73. The van der Waals surface area contributed by atoms with Crippen LogP contribution in [-0.4, -0.2) is 105 Å². The van der Waals surface area contributed by atoms with E-state index in [1.165, 1.54) is 0 Å². The quantitative estimate of drug-likeness (QED) is 0.383. The maximum absolute atomic E-state index is 12.7. The number of carboxylic acids is 2. The average Bonchev–Trinajstić information content (AvgIpc) is 3.35. The molecule has 4 heterocycles. The number of amides is 1. The van der Waals surface area contributed by atoms with E-state index in [1.54, 1.807) is 31.6 Å². The first-order valence-corrected chi connectivity index (χ1v) is 12.8. The summed E-state index contributed by atoms with van der Waals surface area (Å²) in [5.41, 5.74) is 3.75. The van der Waals surface area contributed by atoms with Crippen LogP contribution in [-0.2, 0) is 21.4 Å². The van der Waals surface area contributed by atoms with E-state index in [9.17, 15) is 31.1 Å². The van der Waals surface area contributed by atoms with Crippen molar-refractivity contribution in [2.24, 2.45) is 7.05 Å². The predicted octanol–water partition coefficient (Wildman–Crippen LogP) is 3.73. The number of carbonyl (C=O) groups is 3. The maximum Gasteiger partial charge on any atom is 0.490 e. The van der Waals surface area contributed by atoms with Crippen LogP contribution in [0.4, 0.5) is 32.2 Å². The fourth-order valence-corrected chi connectivity index (χ4v) is 3.99. The third kappa shape index (κ3) is 10.1. The van der Waals surface area contributed by atoms with Gasteiger partial charge in [0, 0.05) is 70.4 Å². The third-order valence-corrected chi connectivity index (χ3v) is 6.32. The predicted molar refractivity (Wildman–Crippen MR) is 143 cm³/mol. The van der Waals surface area contributed by atoms with Gasteiger partial charge in [-0.15, -0.1) is 0 Å². The van der Waals surface area contributed by atoms with Gasteiger partial charge in [-0.3, -0.25) is 9.78 Å². The van der Waals surface area contributed by atoms with Crippen molar-refractivity contribution in [2.75, 3.05) is 45.3 Å². The van der Waals surface area contributed by atoms with Crippen LogP contribution in [0.2, 0.25) is 0 Å². The number of rotatable bonds is 6. The Kier molecular flexibility index (Phi) is 12.4. The second-order valence-corrected chi connectivity index (χ2v) is 9.42. The first-order chi connectivity index (χ1) is 20.5. The summed E-state index contributed by atoms with van der Waals surface area (Å²) in [6, 6.07) is 5.70. The highest BCUT2D eigenvalue weighted by Gasteiger charge is 2.39. The van der Waals surface area contributed by atoms with Crippen molar-refractivity contribution in [2.45, 2.75) is 31.1 Å². The molecule has 44 heavy (non-hydrogen) atoms. The van der Waals surface area contributed by atoms with E-state index in [4.69, 9.17) is 29.5 Å². The highest BCUT2D eigenvalue weighted by atomic mass is 19.4. The van der Waals surface area contributed by atoms with E-state index in [-0.39, 0.29) is 5.91 Å². The topological polar surface area (TPSA) is 151 Å². The Balaban J connectivity index is 0.000000402. The molecule has 3 aromatic heterocycles. The van der Waals surface area contributed by atoms with Crippen LogP contribution in [0, 0.1) is 0 Å². The molecule has 18 heteroatoms. The van der Waals surface area contributed by atoms with Crippen LogP contribution >= 0.6 is 0 Å². The molecule has 0 radical (unpaired) electrons. The molecule has 12 nitrogen and oxygen atoms in total. The molecule has 4 rings (SSSR count). The first-order valence-electron chi connectivity index (χ1n) is 12.8. The molecule has 1 amide bonds. The second-order valence-electron chi connectivity index (χ2n) is 9.42. The summed E-state index contributed by atoms with van der Waals surface area (Å²) in [5, 5.41) is 14.2. The molecule has 1 aliphatic rings. The summed E-state index contributed by atoms with van der Waals surface area (Å²) in [6.45, 7) is 2.83. The molecule has 1 fully saturated rings. The molecule has 0 spiro atoms. The zero-order valence-electron chi connectivity index (χ0n) is 23.8. The summed E-state index contributed by atoms with van der Waals surface area (Å²) >= 11 is 0. The number of likely N-dealkylation sites (N-methyl/N-ethyl adjacent to an activating group) is 1. The molecule has 1 saturated heterocycles. The summed E-state index contributed by atoms with van der Waals surface area (Å²) < 4.78 is 70.7. The number of methoxy groups -OCH3 is 1.